The summed E-state index contributed by atoms with van der Waals surface area (Å²) >= 11 is 6.49. The lowest BCUT2D eigenvalue weighted by Gasteiger charge is -2.20. The van der Waals surface area contributed by atoms with Crippen molar-refractivity contribution in [1.82, 2.24) is 5.32 Å². The van der Waals surface area contributed by atoms with E-state index in [1.54, 1.807) is 0 Å². The summed E-state index contributed by atoms with van der Waals surface area (Å²) in [5.41, 5.74) is 2.93. The molecule has 0 spiro atoms. The second kappa shape index (κ2) is 4.90. The van der Waals surface area contributed by atoms with Crippen molar-refractivity contribution in [2.75, 3.05) is 19.8 Å². The first kappa shape index (κ1) is 12.0. The summed E-state index contributed by atoms with van der Waals surface area (Å²) in [7, 11) is 0. The first-order valence-corrected chi connectivity index (χ1v) is 6.82. The summed E-state index contributed by atoms with van der Waals surface area (Å²) in [6.07, 6.45) is 1.90. The van der Waals surface area contributed by atoms with Gasteiger partial charge in [0.05, 0.1) is 12.0 Å². The minimum Gasteiger partial charge on any atom is -0.381 e. The largest absolute Gasteiger partial charge is 0.381 e. The van der Waals surface area contributed by atoms with Crippen LogP contribution in [0, 0.1) is 5.92 Å². The van der Waals surface area contributed by atoms with Crippen molar-refractivity contribution in [3.8, 4) is 0 Å². The Morgan fingerprint density at radius 1 is 1.44 bits per heavy atom. The topological polar surface area (TPSA) is 38.3 Å². The fourth-order valence-corrected chi connectivity index (χ4v) is 2.99. The minimum atomic E-state index is -0.0625. The average Bonchev–Trinajstić information content (AvgIpc) is 2.92. The van der Waals surface area contributed by atoms with E-state index >= 15 is 0 Å². The van der Waals surface area contributed by atoms with Crippen LogP contribution in [0.3, 0.4) is 0 Å². The number of carbonyl (C=O) groups excluding carboxylic acids is 1. The smallest absolute Gasteiger partial charge is 0.251 e. The van der Waals surface area contributed by atoms with Gasteiger partial charge in [0.15, 0.2) is 0 Å². The Kier molecular flexibility index (Phi) is 3.27. The van der Waals surface area contributed by atoms with Gasteiger partial charge in [-0.1, -0.05) is 12.1 Å². The van der Waals surface area contributed by atoms with E-state index < -0.39 is 0 Å². The molecule has 1 N–H and O–H groups in total. The molecule has 2 heterocycles. The lowest BCUT2D eigenvalue weighted by atomic mass is 9.92. The van der Waals surface area contributed by atoms with Gasteiger partial charge in [-0.2, -0.15) is 0 Å². The van der Waals surface area contributed by atoms with E-state index in [1.165, 1.54) is 0 Å². The predicted octanol–water partition coefficient (Wildman–Crippen LogP) is 2.29. The van der Waals surface area contributed by atoms with Crippen LogP contribution in [0.5, 0.6) is 0 Å². The summed E-state index contributed by atoms with van der Waals surface area (Å²) in [4.78, 5) is 11.8. The number of hydrogen-bond acceptors (Lipinski definition) is 2. The quantitative estimate of drug-likeness (QED) is 0.834. The normalized spacial score (nSPS) is 24.5. The Balaban J connectivity index is 1.88. The Labute approximate surface area is 111 Å². The molecule has 3 nitrogen and oxygen atoms in total. The zero-order valence-corrected chi connectivity index (χ0v) is 10.9. The number of amides is 1. The molecule has 2 aliphatic heterocycles. The van der Waals surface area contributed by atoms with Gasteiger partial charge in [-0.3, -0.25) is 4.79 Å². The maximum Gasteiger partial charge on any atom is 0.251 e. The second-order valence-electron chi connectivity index (χ2n) is 4.95. The first-order valence-electron chi connectivity index (χ1n) is 6.38. The van der Waals surface area contributed by atoms with Gasteiger partial charge >= 0.3 is 0 Å². The molecule has 96 valence electrons. The van der Waals surface area contributed by atoms with Crippen LogP contribution in [0.15, 0.2) is 18.2 Å². The van der Waals surface area contributed by atoms with Crippen LogP contribution >= 0.6 is 11.6 Å². The van der Waals surface area contributed by atoms with Crippen molar-refractivity contribution in [2.24, 2.45) is 5.92 Å². The van der Waals surface area contributed by atoms with Gasteiger partial charge in [-0.25, -0.2) is 0 Å². The van der Waals surface area contributed by atoms with Crippen molar-refractivity contribution < 1.29 is 9.53 Å². The molecule has 1 saturated heterocycles. The fourth-order valence-electron chi connectivity index (χ4n) is 2.66. The van der Waals surface area contributed by atoms with Gasteiger partial charge in [0.1, 0.15) is 0 Å². The van der Waals surface area contributed by atoms with Gasteiger partial charge in [-0.15, -0.1) is 11.6 Å². The Bertz CT molecular complexity index is 469. The standard InChI is InChI=1S/C14H16ClNO2/c15-13(11-4-6-18-8-11)10-2-1-9-3-5-16-14(17)12(9)7-10/h1-2,7,11,13H,3-6,8H2,(H,16,17). The molecule has 2 atom stereocenters. The maximum atomic E-state index is 11.8. The molecule has 0 bridgehead atoms. The molecular formula is C14H16ClNO2. The highest BCUT2D eigenvalue weighted by Crippen LogP contribution is 2.35. The van der Waals surface area contributed by atoms with Gasteiger partial charge < -0.3 is 10.1 Å². The van der Waals surface area contributed by atoms with E-state index in [0.29, 0.717) is 5.92 Å². The zero-order valence-electron chi connectivity index (χ0n) is 10.1. The molecule has 1 fully saturated rings. The molecule has 1 aromatic carbocycles. The highest BCUT2D eigenvalue weighted by atomic mass is 35.5. The van der Waals surface area contributed by atoms with E-state index in [1.807, 2.05) is 18.2 Å². The third-order valence-electron chi connectivity index (χ3n) is 3.76. The van der Waals surface area contributed by atoms with Gasteiger partial charge in [0.25, 0.3) is 5.91 Å². The van der Waals surface area contributed by atoms with Crippen LogP contribution in [0.25, 0.3) is 0 Å². The summed E-state index contributed by atoms with van der Waals surface area (Å²) in [5.74, 6) is 0.376. The molecule has 1 amide bonds. The molecule has 0 radical (unpaired) electrons. The molecule has 0 aromatic heterocycles. The summed E-state index contributed by atoms with van der Waals surface area (Å²) < 4.78 is 5.37. The molecule has 18 heavy (non-hydrogen) atoms. The molecule has 0 saturated carbocycles. The van der Waals surface area contributed by atoms with Crippen LogP contribution < -0.4 is 5.32 Å². The van der Waals surface area contributed by atoms with Crippen LogP contribution in [0.4, 0.5) is 0 Å². The molecular weight excluding hydrogens is 250 g/mol. The summed E-state index contributed by atoms with van der Waals surface area (Å²) in [6.45, 7) is 2.24. The number of benzene rings is 1. The zero-order chi connectivity index (χ0) is 12.5. The summed E-state index contributed by atoms with van der Waals surface area (Å²) in [5, 5.41) is 2.80. The number of nitrogens with one attached hydrogen (secondary N) is 1. The molecule has 0 aliphatic carbocycles. The SMILES string of the molecule is O=C1NCCc2ccc(C(Cl)C3CCOC3)cc21. The first-order chi connectivity index (χ1) is 8.75. The highest BCUT2D eigenvalue weighted by Gasteiger charge is 2.27. The van der Waals surface area contributed by atoms with Crippen molar-refractivity contribution in [3.05, 3.63) is 34.9 Å². The Morgan fingerprint density at radius 3 is 3.11 bits per heavy atom. The van der Waals surface area contributed by atoms with E-state index in [9.17, 15) is 4.79 Å². The molecule has 3 rings (SSSR count). The van der Waals surface area contributed by atoms with Crippen molar-refractivity contribution in [1.29, 1.82) is 0 Å². The lowest BCUT2D eigenvalue weighted by molar-refractivity contribution is 0.0946. The number of hydrogen-bond donors (Lipinski definition) is 1. The maximum absolute atomic E-state index is 11.8. The Hall–Kier alpha value is -1.06. The van der Waals surface area contributed by atoms with E-state index in [2.05, 4.69) is 5.32 Å². The monoisotopic (exact) mass is 265 g/mol. The predicted molar refractivity (Wildman–Crippen MR) is 70.0 cm³/mol. The minimum absolute atomic E-state index is 0.0182. The highest BCUT2D eigenvalue weighted by molar-refractivity contribution is 6.21. The molecule has 2 unspecified atom stereocenters. The van der Waals surface area contributed by atoms with Crippen LogP contribution in [0.2, 0.25) is 0 Å². The van der Waals surface area contributed by atoms with Gasteiger partial charge in [0.2, 0.25) is 0 Å². The number of ether oxygens (including phenoxy) is 1. The molecule has 1 aromatic rings. The van der Waals surface area contributed by atoms with Crippen LogP contribution in [0.1, 0.15) is 33.3 Å². The number of alkyl halides is 1. The number of halogens is 1. The van der Waals surface area contributed by atoms with Crippen molar-refractivity contribution >= 4 is 17.5 Å². The number of carbonyl (C=O) groups is 1. The summed E-state index contributed by atoms with van der Waals surface area (Å²) in [6, 6.07) is 6.03. The second-order valence-corrected chi connectivity index (χ2v) is 5.42. The van der Waals surface area contributed by atoms with Crippen molar-refractivity contribution in [3.63, 3.8) is 0 Å². The van der Waals surface area contributed by atoms with E-state index in [-0.39, 0.29) is 11.3 Å². The lowest BCUT2D eigenvalue weighted by Crippen LogP contribution is -2.31. The number of fused-ring (bicyclic) bond motifs is 1. The molecule has 4 heteroatoms. The van der Waals surface area contributed by atoms with Crippen LogP contribution in [-0.4, -0.2) is 25.7 Å². The third kappa shape index (κ3) is 2.13. The van der Waals surface area contributed by atoms with Crippen molar-refractivity contribution in [2.45, 2.75) is 18.2 Å². The number of rotatable bonds is 2. The van der Waals surface area contributed by atoms with E-state index in [4.69, 9.17) is 16.3 Å². The van der Waals surface area contributed by atoms with Crippen LogP contribution in [-0.2, 0) is 11.2 Å². The van der Waals surface area contributed by atoms with E-state index in [0.717, 1.165) is 49.3 Å². The van der Waals surface area contributed by atoms with Gasteiger partial charge in [0, 0.05) is 24.6 Å². The average molecular weight is 266 g/mol. The molecule has 2 aliphatic rings. The van der Waals surface area contributed by atoms with Gasteiger partial charge in [-0.05, 0) is 30.0 Å². The Morgan fingerprint density at radius 2 is 2.33 bits per heavy atom. The third-order valence-corrected chi connectivity index (χ3v) is 4.36. The fraction of sp³-hybridized carbons (Fsp3) is 0.500.